The molecule has 0 bridgehead atoms. The highest BCUT2D eigenvalue weighted by Gasteiger charge is 2.36. The van der Waals surface area contributed by atoms with Crippen LogP contribution in [0.4, 0.5) is 4.79 Å². The van der Waals surface area contributed by atoms with Gasteiger partial charge in [-0.3, -0.25) is 24.0 Å². The number of ether oxygens (including phenoxy) is 2. The number of aromatic nitrogens is 2. The fourth-order valence-electron chi connectivity index (χ4n) is 5.80. The lowest BCUT2D eigenvalue weighted by atomic mass is 10.1. The smallest absolute Gasteiger partial charge is 0.404 e. The molecule has 1 aromatic heterocycles. The molecule has 3 aliphatic rings. The van der Waals surface area contributed by atoms with Gasteiger partial charge in [-0.25, -0.2) is 9.59 Å². The first-order chi connectivity index (χ1) is 20.1. The van der Waals surface area contributed by atoms with E-state index in [0.717, 1.165) is 0 Å². The quantitative estimate of drug-likeness (QED) is 0.342. The maximum absolute atomic E-state index is 13.1. The Morgan fingerprint density at radius 1 is 1.02 bits per heavy atom. The average molecular weight is 603 g/mol. The molecule has 3 fully saturated rings. The van der Waals surface area contributed by atoms with Crippen LogP contribution in [0.2, 0.25) is 0 Å². The van der Waals surface area contributed by atoms with Gasteiger partial charge in [0, 0.05) is 39.6 Å². The summed E-state index contributed by atoms with van der Waals surface area (Å²) in [4.78, 5) is 48.1. The van der Waals surface area contributed by atoms with E-state index in [0.29, 0.717) is 55.4 Å². The van der Waals surface area contributed by atoms with E-state index in [1.807, 2.05) is 0 Å². The van der Waals surface area contributed by atoms with Gasteiger partial charge in [-0.2, -0.15) is 17.0 Å². The van der Waals surface area contributed by atoms with Crippen LogP contribution in [0.3, 0.4) is 0 Å². The van der Waals surface area contributed by atoms with Crippen LogP contribution >= 0.6 is 0 Å². The summed E-state index contributed by atoms with van der Waals surface area (Å²) in [5.74, 6) is 5.22. The summed E-state index contributed by atoms with van der Waals surface area (Å²) in [7, 11) is -2.00. The number of fused-ring (bicyclic) bond motifs is 1. The van der Waals surface area contributed by atoms with Gasteiger partial charge >= 0.3 is 11.8 Å². The summed E-state index contributed by atoms with van der Waals surface area (Å²) < 4.78 is 42.8. The number of hydrogen-bond donors (Lipinski definition) is 2. The van der Waals surface area contributed by atoms with Crippen LogP contribution in [-0.2, 0) is 36.3 Å². The van der Waals surface area contributed by atoms with Gasteiger partial charge in [0.1, 0.15) is 18.8 Å². The van der Waals surface area contributed by atoms with E-state index in [4.69, 9.17) is 15.2 Å². The summed E-state index contributed by atoms with van der Waals surface area (Å²) in [6.45, 7) is 1.31. The van der Waals surface area contributed by atoms with E-state index in [-0.39, 0.29) is 56.3 Å². The Hall–Kier alpha value is -3.71. The van der Waals surface area contributed by atoms with Crippen molar-refractivity contribution in [3.8, 4) is 11.8 Å². The number of nitrogens with one attached hydrogen (secondary N) is 1. The fraction of sp³-hybridized carbons (Fsp3) is 0.556. The van der Waals surface area contributed by atoms with Crippen molar-refractivity contribution in [3.63, 3.8) is 0 Å². The zero-order chi connectivity index (χ0) is 30.0. The Labute approximate surface area is 242 Å². The molecule has 2 aromatic rings. The first-order valence-electron chi connectivity index (χ1n) is 13.9. The fourth-order valence-corrected chi connectivity index (χ4v) is 7.47. The first-order valence-corrected chi connectivity index (χ1v) is 15.3. The number of piperidine rings is 3. The normalized spacial score (nSPS) is 21.6. The van der Waals surface area contributed by atoms with Crippen molar-refractivity contribution in [2.24, 2.45) is 12.8 Å². The molecule has 1 unspecified atom stereocenters. The van der Waals surface area contributed by atoms with E-state index >= 15 is 0 Å². The first kappa shape index (κ1) is 29.8. The minimum atomic E-state index is -3.62. The number of hydrogen-bond acceptors (Lipinski definition) is 8. The second-order valence-corrected chi connectivity index (χ2v) is 12.5. The monoisotopic (exact) mass is 602 g/mol. The molecular formula is C27H34N6O8S. The van der Waals surface area contributed by atoms with Crippen LogP contribution in [0, 0.1) is 11.8 Å². The predicted octanol–water partition coefficient (Wildman–Crippen LogP) is -0.0453. The second-order valence-electron chi connectivity index (χ2n) is 10.6. The lowest BCUT2D eigenvalue weighted by Crippen LogP contribution is -2.51. The third-order valence-corrected chi connectivity index (χ3v) is 10.0. The second kappa shape index (κ2) is 12.3. The molecule has 3 saturated heterocycles. The minimum absolute atomic E-state index is 0.128. The summed E-state index contributed by atoms with van der Waals surface area (Å²) in [6.07, 6.45) is 0.918. The standard InChI is InChI=1S/C27H34N6O8S/c1-30-24-18(4-2-6-21(24)33(27(30)37)22-7-8-23(34)29-25(22)35)5-3-17-40-19-9-13-31(14-10-19)42(38,39)32-15-11-20(12-16-32)41-26(28)36/h2,4,6,19-20,22H,7-17H2,1H3,(H2,28,36)(H,29,34,35). The van der Waals surface area contributed by atoms with Crippen LogP contribution in [-0.4, -0.2) is 89.1 Å². The molecule has 3 N–H and O–H groups in total. The Morgan fingerprint density at radius 3 is 2.29 bits per heavy atom. The molecule has 14 nitrogen and oxygen atoms in total. The van der Waals surface area contributed by atoms with Crippen molar-refractivity contribution >= 4 is 39.2 Å². The van der Waals surface area contributed by atoms with Crippen molar-refractivity contribution in [2.45, 2.75) is 56.8 Å². The van der Waals surface area contributed by atoms with E-state index in [1.165, 1.54) is 17.7 Å². The largest absolute Gasteiger partial charge is 0.446 e. The van der Waals surface area contributed by atoms with E-state index in [9.17, 15) is 27.6 Å². The Morgan fingerprint density at radius 2 is 1.67 bits per heavy atom. The van der Waals surface area contributed by atoms with Gasteiger partial charge in [-0.15, -0.1) is 0 Å². The van der Waals surface area contributed by atoms with Crippen LogP contribution in [0.15, 0.2) is 23.0 Å². The number of primary amides is 1. The molecule has 15 heteroatoms. The Kier molecular flexibility index (Phi) is 8.69. The van der Waals surface area contributed by atoms with Gasteiger partial charge in [0.2, 0.25) is 11.8 Å². The van der Waals surface area contributed by atoms with E-state index in [1.54, 1.807) is 25.2 Å². The van der Waals surface area contributed by atoms with E-state index in [2.05, 4.69) is 17.2 Å². The third-order valence-electron chi connectivity index (χ3n) is 7.98. The molecule has 226 valence electrons. The summed E-state index contributed by atoms with van der Waals surface area (Å²) >= 11 is 0. The topological polar surface area (TPSA) is 175 Å². The lowest BCUT2D eigenvalue weighted by molar-refractivity contribution is -0.135. The molecule has 0 aliphatic carbocycles. The highest BCUT2D eigenvalue weighted by Crippen LogP contribution is 2.25. The number of nitrogens with two attached hydrogens (primary N) is 1. The van der Waals surface area contributed by atoms with Gasteiger partial charge in [-0.1, -0.05) is 17.9 Å². The molecule has 1 aromatic carbocycles. The number of amides is 3. The Bertz CT molecular complexity index is 1600. The van der Waals surface area contributed by atoms with Crippen molar-refractivity contribution in [3.05, 3.63) is 34.2 Å². The zero-order valence-electron chi connectivity index (χ0n) is 23.3. The summed E-state index contributed by atoms with van der Waals surface area (Å²) in [5, 5.41) is 2.30. The van der Waals surface area contributed by atoms with Gasteiger partial charge in [0.15, 0.2) is 0 Å². The van der Waals surface area contributed by atoms with Gasteiger partial charge < -0.3 is 15.2 Å². The number of imidazole rings is 1. The molecule has 42 heavy (non-hydrogen) atoms. The number of carbonyl (C=O) groups is 3. The molecule has 4 heterocycles. The number of imide groups is 1. The maximum atomic E-state index is 13.1. The number of aryl methyl sites for hydroxylation is 1. The Balaban J connectivity index is 1.17. The molecule has 0 spiro atoms. The highest BCUT2D eigenvalue weighted by atomic mass is 32.2. The highest BCUT2D eigenvalue weighted by molar-refractivity contribution is 7.86. The lowest BCUT2D eigenvalue weighted by Gasteiger charge is -2.37. The molecular weight excluding hydrogens is 568 g/mol. The van der Waals surface area contributed by atoms with Gasteiger partial charge in [0.25, 0.3) is 10.2 Å². The van der Waals surface area contributed by atoms with Gasteiger partial charge in [-0.05, 0) is 44.2 Å². The average Bonchev–Trinajstić information content (AvgIpc) is 3.21. The molecule has 0 radical (unpaired) electrons. The predicted molar refractivity (Wildman–Crippen MR) is 150 cm³/mol. The van der Waals surface area contributed by atoms with Crippen molar-refractivity contribution in [2.75, 3.05) is 32.8 Å². The number of para-hydroxylation sites is 1. The summed E-state index contributed by atoms with van der Waals surface area (Å²) in [5.41, 5.74) is 6.44. The zero-order valence-corrected chi connectivity index (χ0v) is 24.1. The van der Waals surface area contributed by atoms with Crippen LogP contribution in [0.1, 0.15) is 50.1 Å². The van der Waals surface area contributed by atoms with Crippen molar-refractivity contribution in [1.82, 2.24) is 23.1 Å². The minimum Gasteiger partial charge on any atom is -0.446 e. The molecule has 3 amide bonds. The van der Waals surface area contributed by atoms with Crippen molar-refractivity contribution in [1.29, 1.82) is 0 Å². The van der Waals surface area contributed by atoms with Gasteiger partial charge in [0.05, 0.1) is 22.7 Å². The van der Waals surface area contributed by atoms with Crippen LogP contribution in [0.25, 0.3) is 11.0 Å². The molecule has 1 atom stereocenters. The molecule has 5 rings (SSSR count). The SMILES string of the molecule is Cn1c(=O)n(C2CCC(=O)NC2=O)c2cccc(C#CCOC3CCN(S(=O)(=O)N4CCC(OC(N)=O)CC4)CC3)c21. The van der Waals surface area contributed by atoms with Crippen LogP contribution in [0.5, 0.6) is 0 Å². The maximum Gasteiger partial charge on any atom is 0.404 e. The number of nitrogens with zero attached hydrogens (tertiary/aromatic N) is 4. The van der Waals surface area contributed by atoms with Crippen molar-refractivity contribution < 1.29 is 32.3 Å². The third kappa shape index (κ3) is 6.07. The summed E-state index contributed by atoms with van der Waals surface area (Å²) in [6, 6.07) is 4.53. The number of benzene rings is 1. The number of carbonyl (C=O) groups excluding carboxylic acids is 3. The van der Waals surface area contributed by atoms with E-state index < -0.39 is 28.3 Å². The molecule has 0 saturated carbocycles. The molecule has 3 aliphatic heterocycles. The van der Waals surface area contributed by atoms with Crippen LogP contribution < -0.4 is 16.7 Å². The number of rotatable bonds is 6.